The summed E-state index contributed by atoms with van der Waals surface area (Å²) in [6.07, 6.45) is 0.994. The molecule has 4 aliphatic heterocycles. The molecule has 0 radical (unpaired) electrons. The van der Waals surface area contributed by atoms with Crippen LogP contribution in [-0.2, 0) is 20.6 Å². The molecule has 1 aromatic heterocycles. The summed E-state index contributed by atoms with van der Waals surface area (Å²) in [5, 5.41) is 8.00. The third-order valence-electron chi connectivity index (χ3n) is 12.5. The number of aromatic nitrogens is 1. The molecule has 19 heteroatoms. The minimum atomic E-state index is -4.99. The molecule has 2 fully saturated rings. The first kappa shape index (κ1) is 45.6. The Morgan fingerprint density at radius 1 is 0.891 bits per heavy atom. The maximum Gasteiger partial charge on any atom is 0.417 e. The van der Waals surface area contributed by atoms with Gasteiger partial charge < -0.3 is 25.4 Å². The SMILES string of the molecule is C[C@@H]1CN(c2cc(F)c(C3=CCN(C(=O)CCCCCCNc4cccc5c4C(=O)N(C4CCC(=O)NC4=O)C5=O)CC3)cc2NC(=O)c2c[nH]c(=O)cc2C(F)(F)F)C[C@H](C)N1C. The molecule has 3 atom stereocenters. The Morgan fingerprint density at radius 2 is 1.62 bits per heavy atom. The molecule has 3 aromatic rings. The number of hydrogen-bond acceptors (Lipinski definition) is 10. The molecule has 0 spiro atoms. The number of benzene rings is 2. The van der Waals surface area contributed by atoms with Gasteiger partial charge in [-0.25, -0.2) is 4.39 Å². The molecular weight excluding hydrogens is 841 g/mol. The van der Waals surface area contributed by atoms with Crippen LogP contribution < -0.4 is 26.4 Å². The molecule has 0 aliphatic carbocycles. The largest absolute Gasteiger partial charge is 0.417 e. The number of piperidine rings is 1. The number of hydrogen-bond donors (Lipinski definition) is 4. The van der Waals surface area contributed by atoms with E-state index in [1.54, 1.807) is 23.1 Å². The number of pyridine rings is 1. The van der Waals surface area contributed by atoms with Crippen molar-refractivity contribution >= 4 is 58.1 Å². The molecule has 5 heterocycles. The van der Waals surface area contributed by atoms with Crippen molar-refractivity contribution in [3.63, 3.8) is 0 Å². The number of nitrogens with one attached hydrogen (secondary N) is 4. The van der Waals surface area contributed by atoms with Gasteiger partial charge in [0.05, 0.1) is 33.6 Å². The van der Waals surface area contributed by atoms with E-state index in [0.717, 1.165) is 17.7 Å². The lowest BCUT2D eigenvalue weighted by Crippen LogP contribution is -2.55. The van der Waals surface area contributed by atoms with Crippen molar-refractivity contribution in [1.29, 1.82) is 0 Å². The standard InChI is InChI=1S/C45H50F4N8O7/c1-25-23-56(24-26(2)54(25)3)36-21-32(46)29(19-34(36)52-41(61)30-22-51-38(59)20-31(30)45(47,48)49)27-14-17-55(18-15-27)39(60)11-6-4-5-7-16-50-33-10-8-9-28-40(33)44(64)57(43(28)63)35-12-13-37(58)53-42(35)62/h8-10,14,19-22,25-26,35,50H,4-7,11-13,15-18,23-24H2,1-3H3,(H,51,59)(H,52,61)(H,53,58,62)/t25-,26+,35?. The van der Waals surface area contributed by atoms with E-state index in [1.165, 1.54) is 18.2 Å². The van der Waals surface area contributed by atoms with Gasteiger partial charge in [-0.1, -0.05) is 25.0 Å². The fraction of sp³-hybridized carbons (Fsp3) is 0.444. The first-order valence-corrected chi connectivity index (χ1v) is 21.4. The zero-order chi connectivity index (χ0) is 46.0. The van der Waals surface area contributed by atoms with Gasteiger partial charge in [0.2, 0.25) is 23.3 Å². The van der Waals surface area contributed by atoms with Crippen molar-refractivity contribution in [2.75, 3.05) is 55.3 Å². The average molecular weight is 891 g/mol. The Hall–Kier alpha value is -6.37. The van der Waals surface area contributed by atoms with E-state index in [4.69, 9.17) is 0 Å². The number of amides is 6. The molecule has 2 aromatic carbocycles. The molecule has 1 unspecified atom stereocenters. The number of anilines is 3. The van der Waals surface area contributed by atoms with E-state index >= 15 is 4.39 Å². The van der Waals surface area contributed by atoms with Gasteiger partial charge in [-0.2, -0.15) is 13.2 Å². The highest BCUT2D eigenvalue weighted by Gasteiger charge is 2.45. The van der Waals surface area contributed by atoms with Crippen molar-refractivity contribution in [2.24, 2.45) is 0 Å². The summed E-state index contributed by atoms with van der Waals surface area (Å²) in [5.41, 5.74) is -1.23. The number of imide groups is 2. The first-order valence-electron chi connectivity index (χ1n) is 21.4. The topological polar surface area (TPSA) is 184 Å². The van der Waals surface area contributed by atoms with Crippen LogP contribution >= 0.6 is 0 Å². The van der Waals surface area contributed by atoms with Crippen LogP contribution in [0.1, 0.15) is 107 Å². The van der Waals surface area contributed by atoms with Gasteiger partial charge in [0.1, 0.15) is 11.9 Å². The monoisotopic (exact) mass is 890 g/mol. The second-order valence-electron chi connectivity index (χ2n) is 16.8. The number of halogens is 4. The molecule has 4 aliphatic rings. The van der Waals surface area contributed by atoms with Crippen molar-refractivity contribution < 1.29 is 46.3 Å². The minimum Gasteiger partial charge on any atom is -0.384 e. The maximum absolute atomic E-state index is 16.1. The van der Waals surface area contributed by atoms with E-state index in [2.05, 4.69) is 25.8 Å². The van der Waals surface area contributed by atoms with E-state index in [-0.39, 0.29) is 59.8 Å². The second-order valence-corrected chi connectivity index (χ2v) is 16.8. The smallest absolute Gasteiger partial charge is 0.384 e. The lowest BCUT2D eigenvalue weighted by atomic mass is 9.96. The number of likely N-dealkylation sites (N-methyl/N-ethyl adjacent to an activating group) is 1. The average Bonchev–Trinajstić information content (AvgIpc) is 3.51. The van der Waals surface area contributed by atoms with E-state index in [0.29, 0.717) is 81.1 Å². The fourth-order valence-electron chi connectivity index (χ4n) is 8.79. The van der Waals surface area contributed by atoms with Gasteiger partial charge in [0.25, 0.3) is 17.7 Å². The molecule has 2 saturated heterocycles. The number of fused-ring (bicyclic) bond motifs is 1. The highest BCUT2D eigenvalue weighted by atomic mass is 19.4. The molecule has 4 N–H and O–H groups in total. The Labute approximate surface area is 366 Å². The van der Waals surface area contributed by atoms with Crippen LogP contribution in [0.25, 0.3) is 5.57 Å². The highest BCUT2D eigenvalue weighted by molar-refractivity contribution is 6.25. The van der Waals surface area contributed by atoms with Crippen molar-refractivity contribution in [1.82, 2.24) is 25.0 Å². The molecule has 15 nitrogen and oxygen atoms in total. The van der Waals surface area contributed by atoms with Gasteiger partial charge in [0.15, 0.2) is 0 Å². The Morgan fingerprint density at radius 3 is 2.31 bits per heavy atom. The van der Waals surface area contributed by atoms with Crippen molar-refractivity contribution in [2.45, 2.75) is 89.5 Å². The van der Waals surface area contributed by atoms with Crippen LogP contribution in [-0.4, -0.2) is 113 Å². The molecular formula is C45H50F4N8O7. The van der Waals surface area contributed by atoms with Gasteiger partial charge in [-0.15, -0.1) is 0 Å². The van der Waals surface area contributed by atoms with E-state index < -0.39 is 64.3 Å². The number of carbonyl (C=O) groups is 6. The predicted octanol–water partition coefficient (Wildman–Crippen LogP) is 5.39. The van der Waals surface area contributed by atoms with Gasteiger partial charge in [0, 0.05) is 81.2 Å². The third kappa shape index (κ3) is 9.58. The number of rotatable bonds is 13. The summed E-state index contributed by atoms with van der Waals surface area (Å²) in [7, 11) is 1.97. The molecule has 0 saturated carbocycles. The maximum atomic E-state index is 16.1. The van der Waals surface area contributed by atoms with Crippen molar-refractivity contribution in [3.05, 3.63) is 92.7 Å². The Kier molecular flexibility index (Phi) is 13.4. The minimum absolute atomic E-state index is 0.0281. The Bertz CT molecular complexity index is 2460. The number of aromatic amines is 1. The highest BCUT2D eigenvalue weighted by Crippen LogP contribution is 2.38. The summed E-state index contributed by atoms with van der Waals surface area (Å²) < 4.78 is 57.8. The lowest BCUT2D eigenvalue weighted by Gasteiger charge is -2.44. The number of H-pyrrole nitrogens is 1. The van der Waals surface area contributed by atoms with Crippen LogP contribution in [0.2, 0.25) is 0 Å². The zero-order valence-corrected chi connectivity index (χ0v) is 35.7. The number of carbonyl (C=O) groups excluding carboxylic acids is 6. The third-order valence-corrected chi connectivity index (χ3v) is 12.5. The summed E-state index contributed by atoms with van der Waals surface area (Å²) in [4.78, 5) is 97.8. The first-order chi connectivity index (χ1) is 30.4. The summed E-state index contributed by atoms with van der Waals surface area (Å²) in [6.45, 7) is 5.92. The number of unbranched alkanes of at least 4 members (excludes halogenated alkanes) is 3. The quantitative estimate of drug-likeness (QED) is 0.0986. The zero-order valence-electron chi connectivity index (χ0n) is 35.7. The number of alkyl halides is 3. The van der Waals surface area contributed by atoms with Crippen LogP contribution in [0.5, 0.6) is 0 Å². The summed E-state index contributed by atoms with van der Waals surface area (Å²) in [5.74, 6) is -4.08. The van der Waals surface area contributed by atoms with Gasteiger partial charge in [-0.3, -0.25) is 48.7 Å². The molecule has 64 heavy (non-hydrogen) atoms. The van der Waals surface area contributed by atoms with Crippen LogP contribution in [0.3, 0.4) is 0 Å². The van der Waals surface area contributed by atoms with Crippen LogP contribution in [0.15, 0.2) is 53.5 Å². The normalized spacial score (nSPS) is 20.6. The van der Waals surface area contributed by atoms with Crippen molar-refractivity contribution in [3.8, 4) is 0 Å². The summed E-state index contributed by atoms with van der Waals surface area (Å²) in [6, 6.07) is 6.93. The fourth-order valence-corrected chi connectivity index (χ4v) is 8.79. The van der Waals surface area contributed by atoms with Gasteiger partial charge in [-0.05, 0) is 76.4 Å². The number of nitrogens with zero attached hydrogens (tertiary/aromatic N) is 4. The molecule has 7 rings (SSSR count). The molecule has 6 amide bonds. The van der Waals surface area contributed by atoms with E-state index in [9.17, 15) is 46.7 Å². The Balaban J connectivity index is 0.940. The van der Waals surface area contributed by atoms with Crippen LogP contribution in [0, 0.1) is 5.82 Å². The summed E-state index contributed by atoms with van der Waals surface area (Å²) >= 11 is 0. The lowest BCUT2D eigenvalue weighted by molar-refractivity contribution is -0.138. The molecule has 340 valence electrons. The van der Waals surface area contributed by atoms with Gasteiger partial charge >= 0.3 is 6.18 Å². The van der Waals surface area contributed by atoms with Crippen LogP contribution in [0.4, 0.5) is 34.6 Å². The second kappa shape index (κ2) is 18.8. The number of piperazine rings is 1. The van der Waals surface area contributed by atoms with E-state index in [1.807, 2.05) is 25.8 Å². The predicted molar refractivity (Wildman–Crippen MR) is 229 cm³/mol. The molecule has 0 bridgehead atoms.